The van der Waals surface area contributed by atoms with Crippen molar-refractivity contribution >= 4 is 17.5 Å². The Morgan fingerprint density at radius 2 is 1.83 bits per heavy atom. The molecule has 0 radical (unpaired) electrons. The predicted molar refractivity (Wildman–Crippen MR) is 101 cm³/mol. The third-order valence-electron chi connectivity index (χ3n) is 4.46. The van der Waals surface area contributed by atoms with Gasteiger partial charge in [0.2, 0.25) is 5.91 Å². The van der Waals surface area contributed by atoms with Crippen LogP contribution in [0.5, 0.6) is 5.75 Å². The number of hydrogen-bond acceptors (Lipinski definition) is 3. The van der Waals surface area contributed by atoms with Crippen molar-refractivity contribution in [3.8, 4) is 5.75 Å². The summed E-state index contributed by atoms with van der Waals surface area (Å²) in [7, 11) is 0. The molecule has 1 aliphatic rings. The summed E-state index contributed by atoms with van der Waals surface area (Å²) in [5.41, 5.74) is 0.0134. The van der Waals surface area contributed by atoms with Crippen molar-refractivity contribution in [2.24, 2.45) is 5.92 Å². The number of rotatable bonds is 8. The Hall–Kier alpha value is -3.03. The first kappa shape index (κ1) is 20.7. The monoisotopic (exact) mass is 406 g/mol. The van der Waals surface area contributed by atoms with E-state index in [9.17, 15) is 22.8 Å². The molecule has 1 aliphatic carbocycles. The van der Waals surface area contributed by atoms with Crippen molar-refractivity contribution in [1.82, 2.24) is 5.32 Å². The van der Waals surface area contributed by atoms with Crippen molar-refractivity contribution in [2.75, 3.05) is 18.5 Å². The number of amides is 2. The molecule has 0 unspecified atom stereocenters. The zero-order valence-corrected chi connectivity index (χ0v) is 15.6. The lowest BCUT2D eigenvalue weighted by atomic mass is 10.0. The molecular weight excluding hydrogens is 385 g/mol. The van der Waals surface area contributed by atoms with Crippen molar-refractivity contribution in [3.63, 3.8) is 0 Å². The maximum Gasteiger partial charge on any atom is 0.416 e. The van der Waals surface area contributed by atoms with Crippen molar-refractivity contribution in [1.29, 1.82) is 0 Å². The minimum atomic E-state index is -4.43. The number of hydrogen-bond donors (Lipinski definition) is 2. The number of carbonyl (C=O) groups excluding carboxylic acids is 2. The predicted octanol–water partition coefficient (Wildman–Crippen LogP) is 3.79. The van der Waals surface area contributed by atoms with E-state index in [0.717, 1.165) is 18.9 Å². The normalized spacial score (nSPS) is 13.6. The molecule has 154 valence electrons. The molecule has 2 aromatic carbocycles. The Morgan fingerprint density at radius 1 is 1.07 bits per heavy atom. The number of anilines is 1. The topological polar surface area (TPSA) is 67.4 Å². The standard InChI is InChI=1S/C21H21F3N2O3/c22-21(23,24)18-7-2-1-4-14(18)10-11-25-19(27)13-29-17-6-3-5-16(12-17)26-20(28)15-8-9-15/h1-7,12,15H,8-11,13H2,(H,25,27)(H,26,28). The number of alkyl halides is 3. The largest absolute Gasteiger partial charge is 0.484 e. The van der Waals surface area contributed by atoms with E-state index >= 15 is 0 Å². The Labute approximate surface area is 166 Å². The summed E-state index contributed by atoms with van der Waals surface area (Å²) in [4.78, 5) is 23.7. The average molecular weight is 406 g/mol. The quantitative estimate of drug-likeness (QED) is 0.701. The molecule has 1 fully saturated rings. The van der Waals surface area contributed by atoms with Crippen LogP contribution in [-0.2, 0) is 22.2 Å². The van der Waals surface area contributed by atoms with Gasteiger partial charge in [-0.15, -0.1) is 0 Å². The van der Waals surface area contributed by atoms with E-state index in [-0.39, 0.29) is 37.0 Å². The Bertz CT molecular complexity index is 879. The van der Waals surface area contributed by atoms with E-state index < -0.39 is 17.6 Å². The van der Waals surface area contributed by atoms with Crippen LogP contribution >= 0.6 is 0 Å². The van der Waals surface area contributed by atoms with E-state index in [4.69, 9.17) is 4.74 Å². The first-order chi connectivity index (χ1) is 13.8. The van der Waals surface area contributed by atoms with Crippen LogP contribution < -0.4 is 15.4 Å². The van der Waals surface area contributed by atoms with Crippen LogP contribution in [0.2, 0.25) is 0 Å². The maximum atomic E-state index is 13.0. The van der Waals surface area contributed by atoms with Gasteiger partial charge in [-0.3, -0.25) is 9.59 Å². The molecule has 5 nitrogen and oxygen atoms in total. The van der Waals surface area contributed by atoms with Gasteiger partial charge in [-0.05, 0) is 43.0 Å². The summed E-state index contributed by atoms with van der Waals surface area (Å²) in [5.74, 6) is 0.0185. The first-order valence-corrected chi connectivity index (χ1v) is 9.28. The SMILES string of the molecule is O=C(COc1cccc(NC(=O)C2CC2)c1)NCCc1ccccc1C(F)(F)F. The van der Waals surface area contributed by atoms with Gasteiger partial charge >= 0.3 is 6.18 Å². The van der Waals surface area contributed by atoms with E-state index in [1.54, 1.807) is 24.3 Å². The lowest BCUT2D eigenvalue weighted by Gasteiger charge is -2.13. The van der Waals surface area contributed by atoms with Gasteiger partial charge in [0.05, 0.1) is 5.56 Å². The third kappa shape index (κ3) is 6.23. The summed E-state index contributed by atoms with van der Waals surface area (Å²) < 4.78 is 44.3. The van der Waals surface area contributed by atoms with Crippen LogP contribution in [0.3, 0.4) is 0 Å². The minimum absolute atomic E-state index is 0.0287. The number of carbonyl (C=O) groups is 2. The van der Waals surface area contributed by atoms with Gasteiger partial charge in [0.15, 0.2) is 6.61 Å². The first-order valence-electron chi connectivity index (χ1n) is 9.28. The second kappa shape index (κ2) is 8.98. The zero-order valence-electron chi connectivity index (χ0n) is 15.6. The van der Waals surface area contributed by atoms with Crippen LogP contribution in [0.4, 0.5) is 18.9 Å². The molecule has 8 heteroatoms. The summed E-state index contributed by atoms with van der Waals surface area (Å²) >= 11 is 0. The zero-order chi connectivity index (χ0) is 20.9. The number of nitrogens with one attached hydrogen (secondary N) is 2. The fourth-order valence-corrected chi connectivity index (χ4v) is 2.80. The number of ether oxygens (including phenoxy) is 1. The van der Waals surface area contributed by atoms with Crippen LogP contribution in [0.1, 0.15) is 24.0 Å². The van der Waals surface area contributed by atoms with Gasteiger partial charge in [-0.25, -0.2) is 0 Å². The highest BCUT2D eigenvalue weighted by Gasteiger charge is 2.32. The van der Waals surface area contributed by atoms with E-state index in [1.165, 1.54) is 18.2 Å². The average Bonchev–Trinajstić information content (AvgIpc) is 3.52. The second-order valence-corrected chi connectivity index (χ2v) is 6.83. The molecule has 2 amide bonds. The lowest BCUT2D eigenvalue weighted by molar-refractivity contribution is -0.138. The van der Waals surface area contributed by atoms with Gasteiger partial charge in [-0.1, -0.05) is 24.3 Å². The summed E-state index contributed by atoms with van der Waals surface area (Å²) in [6, 6.07) is 12.0. The Balaban J connectivity index is 1.44. The fourth-order valence-electron chi connectivity index (χ4n) is 2.80. The molecule has 2 N–H and O–H groups in total. The van der Waals surface area contributed by atoms with E-state index in [1.807, 2.05) is 0 Å². The summed E-state index contributed by atoms with van der Waals surface area (Å²) in [6.07, 6.45) is -2.57. The highest BCUT2D eigenvalue weighted by Crippen LogP contribution is 2.32. The van der Waals surface area contributed by atoms with Gasteiger partial charge in [0, 0.05) is 24.2 Å². The Kier molecular flexibility index (Phi) is 6.41. The molecule has 0 saturated heterocycles. The van der Waals surface area contributed by atoms with Crippen molar-refractivity contribution < 1.29 is 27.5 Å². The molecule has 0 aromatic heterocycles. The minimum Gasteiger partial charge on any atom is -0.484 e. The molecule has 29 heavy (non-hydrogen) atoms. The third-order valence-corrected chi connectivity index (χ3v) is 4.46. The smallest absolute Gasteiger partial charge is 0.416 e. The van der Waals surface area contributed by atoms with Gasteiger partial charge < -0.3 is 15.4 Å². The van der Waals surface area contributed by atoms with E-state index in [0.29, 0.717) is 11.4 Å². The highest BCUT2D eigenvalue weighted by molar-refractivity contribution is 5.94. The molecule has 0 bridgehead atoms. The van der Waals surface area contributed by atoms with Crippen LogP contribution in [0.25, 0.3) is 0 Å². The van der Waals surface area contributed by atoms with Gasteiger partial charge in [0.1, 0.15) is 5.75 Å². The molecule has 2 aromatic rings. The van der Waals surface area contributed by atoms with Gasteiger partial charge in [0.25, 0.3) is 5.91 Å². The maximum absolute atomic E-state index is 13.0. The highest BCUT2D eigenvalue weighted by atomic mass is 19.4. The number of benzene rings is 2. The summed E-state index contributed by atoms with van der Waals surface area (Å²) in [6.45, 7) is -0.215. The van der Waals surface area contributed by atoms with Crippen LogP contribution in [-0.4, -0.2) is 25.0 Å². The van der Waals surface area contributed by atoms with Crippen molar-refractivity contribution in [3.05, 3.63) is 59.7 Å². The molecule has 3 rings (SSSR count). The lowest BCUT2D eigenvalue weighted by Crippen LogP contribution is -2.31. The van der Waals surface area contributed by atoms with E-state index in [2.05, 4.69) is 10.6 Å². The fraction of sp³-hybridized carbons (Fsp3) is 0.333. The molecule has 1 saturated carbocycles. The number of halogens is 3. The molecule has 0 spiro atoms. The molecule has 0 heterocycles. The summed E-state index contributed by atoms with van der Waals surface area (Å²) in [5, 5.41) is 5.34. The van der Waals surface area contributed by atoms with Crippen LogP contribution in [0.15, 0.2) is 48.5 Å². The molecule has 0 atom stereocenters. The van der Waals surface area contributed by atoms with Crippen LogP contribution in [0, 0.1) is 5.92 Å². The second-order valence-electron chi connectivity index (χ2n) is 6.83. The molecular formula is C21H21F3N2O3. The Morgan fingerprint density at radius 3 is 2.55 bits per heavy atom. The van der Waals surface area contributed by atoms with Crippen molar-refractivity contribution in [2.45, 2.75) is 25.4 Å². The van der Waals surface area contributed by atoms with Gasteiger partial charge in [-0.2, -0.15) is 13.2 Å². The molecule has 0 aliphatic heterocycles.